The van der Waals surface area contributed by atoms with Gasteiger partial charge in [0, 0.05) is 18.2 Å². The number of amides is 2. The van der Waals surface area contributed by atoms with E-state index in [9.17, 15) is 18.4 Å². The number of nitrogens with one attached hydrogen (secondary N) is 1. The molecule has 2 aromatic carbocycles. The number of hydrogen-bond donors (Lipinski definition) is 1. The zero-order chi connectivity index (χ0) is 22.8. The summed E-state index contributed by atoms with van der Waals surface area (Å²) in [4.78, 5) is 27.8. The molecular weight excluding hydrogens is 416 g/mol. The average molecular weight is 439 g/mol. The third-order valence-corrected chi connectivity index (χ3v) is 5.47. The molecule has 0 unspecified atom stereocenters. The summed E-state index contributed by atoms with van der Waals surface area (Å²) in [5.41, 5.74) is 1.15. The van der Waals surface area contributed by atoms with Gasteiger partial charge in [-0.3, -0.25) is 9.59 Å². The second-order valence-corrected chi connectivity index (χ2v) is 8.28. The standard InChI is InChI=1S/C24H23F2N3O3/c1-14(2)10-21-23(30)27-20(15-6-4-3-5-7-15)13-29(21)24(31)19-12-22(32-28-19)16-8-9-17(25)18(26)11-16/h3-9,11-12,14,20-21H,10,13H2,1-2H3,(H,27,30)/t20-,21+/m1/s1. The van der Waals surface area contributed by atoms with Crippen molar-refractivity contribution in [1.82, 2.24) is 15.4 Å². The molecule has 0 bridgehead atoms. The van der Waals surface area contributed by atoms with Crippen LogP contribution in [-0.4, -0.2) is 34.5 Å². The summed E-state index contributed by atoms with van der Waals surface area (Å²) in [7, 11) is 0. The Morgan fingerprint density at radius 1 is 1.16 bits per heavy atom. The van der Waals surface area contributed by atoms with E-state index in [2.05, 4.69) is 10.5 Å². The van der Waals surface area contributed by atoms with Crippen molar-refractivity contribution in [1.29, 1.82) is 0 Å². The van der Waals surface area contributed by atoms with Gasteiger partial charge in [0.1, 0.15) is 6.04 Å². The van der Waals surface area contributed by atoms with Crippen LogP contribution in [0.1, 0.15) is 42.4 Å². The molecule has 1 aliphatic rings. The van der Waals surface area contributed by atoms with Crippen LogP contribution in [-0.2, 0) is 4.79 Å². The van der Waals surface area contributed by atoms with Crippen molar-refractivity contribution < 1.29 is 22.9 Å². The first-order chi connectivity index (χ1) is 15.3. The van der Waals surface area contributed by atoms with Crippen LogP contribution in [0.25, 0.3) is 11.3 Å². The quantitative estimate of drug-likeness (QED) is 0.642. The third kappa shape index (κ3) is 4.39. The zero-order valence-electron chi connectivity index (χ0n) is 17.7. The van der Waals surface area contributed by atoms with E-state index >= 15 is 0 Å². The van der Waals surface area contributed by atoms with Crippen molar-refractivity contribution in [3.63, 3.8) is 0 Å². The number of rotatable bonds is 5. The summed E-state index contributed by atoms with van der Waals surface area (Å²) in [6.07, 6.45) is 0.493. The molecule has 3 aromatic rings. The lowest BCUT2D eigenvalue weighted by molar-refractivity contribution is -0.130. The van der Waals surface area contributed by atoms with Crippen molar-refractivity contribution in [2.45, 2.75) is 32.4 Å². The zero-order valence-corrected chi connectivity index (χ0v) is 17.7. The van der Waals surface area contributed by atoms with Gasteiger partial charge in [-0.2, -0.15) is 0 Å². The first kappa shape index (κ1) is 21.7. The normalized spacial score (nSPS) is 18.7. The number of benzene rings is 2. The van der Waals surface area contributed by atoms with E-state index in [1.807, 2.05) is 44.2 Å². The van der Waals surface area contributed by atoms with Gasteiger partial charge < -0.3 is 14.7 Å². The number of aromatic nitrogens is 1. The van der Waals surface area contributed by atoms with Crippen LogP contribution in [0.3, 0.4) is 0 Å². The highest BCUT2D eigenvalue weighted by molar-refractivity contribution is 5.97. The van der Waals surface area contributed by atoms with Gasteiger partial charge in [0.2, 0.25) is 5.91 Å². The molecule has 1 N–H and O–H groups in total. The first-order valence-electron chi connectivity index (χ1n) is 10.4. The molecule has 1 fully saturated rings. The fourth-order valence-corrected chi connectivity index (χ4v) is 3.87. The second kappa shape index (κ2) is 8.90. The van der Waals surface area contributed by atoms with Crippen LogP contribution in [0.4, 0.5) is 8.78 Å². The number of halogens is 2. The maximum Gasteiger partial charge on any atom is 0.276 e. The fourth-order valence-electron chi connectivity index (χ4n) is 3.87. The molecule has 0 spiro atoms. The predicted octanol–water partition coefficient (Wildman–Crippen LogP) is 4.35. The van der Waals surface area contributed by atoms with Gasteiger partial charge in [-0.05, 0) is 36.1 Å². The molecule has 166 valence electrons. The van der Waals surface area contributed by atoms with Crippen molar-refractivity contribution in [2.24, 2.45) is 5.92 Å². The lowest BCUT2D eigenvalue weighted by Gasteiger charge is -2.40. The Balaban J connectivity index is 1.63. The number of carbonyl (C=O) groups excluding carboxylic acids is 2. The SMILES string of the molecule is CC(C)C[C@H]1C(=O)N[C@@H](c2ccccc2)CN1C(=O)c1cc(-c2ccc(F)c(F)c2)on1. The molecule has 0 radical (unpaired) electrons. The summed E-state index contributed by atoms with van der Waals surface area (Å²) < 4.78 is 32.0. The van der Waals surface area contributed by atoms with E-state index in [1.54, 1.807) is 0 Å². The average Bonchev–Trinajstić information content (AvgIpc) is 3.27. The topological polar surface area (TPSA) is 75.4 Å². The second-order valence-electron chi connectivity index (χ2n) is 8.28. The Bertz CT molecular complexity index is 1130. The largest absolute Gasteiger partial charge is 0.355 e. The van der Waals surface area contributed by atoms with Crippen LogP contribution in [0.5, 0.6) is 0 Å². The molecule has 6 nitrogen and oxygen atoms in total. The van der Waals surface area contributed by atoms with Gasteiger partial charge in [-0.25, -0.2) is 8.78 Å². The Kier molecular flexibility index (Phi) is 6.03. The molecule has 8 heteroatoms. The van der Waals surface area contributed by atoms with Crippen LogP contribution < -0.4 is 5.32 Å². The summed E-state index contributed by atoms with van der Waals surface area (Å²) in [5, 5.41) is 6.86. The van der Waals surface area contributed by atoms with Gasteiger partial charge in [0.15, 0.2) is 23.1 Å². The first-order valence-corrected chi connectivity index (χ1v) is 10.4. The molecule has 1 saturated heterocycles. The van der Waals surface area contributed by atoms with Crippen LogP contribution in [0, 0.1) is 17.6 Å². The predicted molar refractivity (Wildman–Crippen MR) is 113 cm³/mol. The van der Waals surface area contributed by atoms with Gasteiger partial charge in [-0.1, -0.05) is 49.3 Å². The molecule has 4 rings (SSSR count). The van der Waals surface area contributed by atoms with Crippen LogP contribution in [0.2, 0.25) is 0 Å². The van der Waals surface area contributed by atoms with E-state index < -0.39 is 23.6 Å². The summed E-state index contributed by atoms with van der Waals surface area (Å²) >= 11 is 0. The minimum Gasteiger partial charge on any atom is -0.355 e. The van der Waals surface area contributed by atoms with E-state index in [1.165, 1.54) is 17.0 Å². The Hall–Kier alpha value is -3.55. The summed E-state index contributed by atoms with van der Waals surface area (Å²) in [6, 6.07) is 13.1. The minimum absolute atomic E-state index is 0.000000892. The molecule has 32 heavy (non-hydrogen) atoms. The number of hydrogen-bond acceptors (Lipinski definition) is 4. The maximum absolute atomic E-state index is 13.6. The Morgan fingerprint density at radius 3 is 2.59 bits per heavy atom. The van der Waals surface area contributed by atoms with Gasteiger partial charge in [0.25, 0.3) is 5.91 Å². The molecule has 2 amide bonds. The highest BCUT2D eigenvalue weighted by Crippen LogP contribution is 2.27. The van der Waals surface area contributed by atoms with Crippen molar-refractivity contribution in [2.75, 3.05) is 6.54 Å². The van der Waals surface area contributed by atoms with Crippen molar-refractivity contribution in [3.05, 3.63) is 77.5 Å². The monoisotopic (exact) mass is 439 g/mol. The molecule has 0 saturated carbocycles. The smallest absolute Gasteiger partial charge is 0.276 e. The molecule has 2 atom stereocenters. The van der Waals surface area contributed by atoms with E-state index in [4.69, 9.17) is 4.52 Å². The third-order valence-electron chi connectivity index (χ3n) is 5.47. The van der Waals surface area contributed by atoms with Gasteiger partial charge in [0.05, 0.1) is 6.04 Å². The number of nitrogens with zero attached hydrogens (tertiary/aromatic N) is 2. The summed E-state index contributed by atoms with van der Waals surface area (Å²) in [5.74, 6) is -2.37. The molecule has 2 heterocycles. The molecule has 0 aliphatic carbocycles. The molecule has 1 aromatic heterocycles. The van der Waals surface area contributed by atoms with E-state index in [0.29, 0.717) is 6.42 Å². The lowest BCUT2D eigenvalue weighted by Crippen LogP contribution is -2.58. The van der Waals surface area contributed by atoms with Crippen LogP contribution in [0.15, 0.2) is 59.1 Å². The van der Waals surface area contributed by atoms with Crippen molar-refractivity contribution in [3.8, 4) is 11.3 Å². The maximum atomic E-state index is 13.6. The molecular formula is C24H23F2N3O3. The fraction of sp³-hybridized carbons (Fsp3) is 0.292. The Labute approximate surface area is 184 Å². The Morgan fingerprint density at radius 2 is 1.91 bits per heavy atom. The van der Waals surface area contributed by atoms with E-state index in [-0.39, 0.29) is 41.4 Å². The van der Waals surface area contributed by atoms with Gasteiger partial charge in [-0.15, -0.1) is 0 Å². The number of carbonyl (C=O) groups is 2. The van der Waals surface area contributed by atoms with E-state index in [0.717, 1.165) is 17.7 Å². The summed E-state index contributed by atoms with van der Waals surface area (Å²) in [6.45, 7) is 4.24. The highest BCUT2D eigenvalue weighted by atomic mass is 19.2. The van der Waals surface area contributed by atoms with Crippen LogP contribution >= 0.6 is 0 Å². The molecule has 1 aliphatic heterocycles. The highest BCUT2D eigenvalue weighted by Gasteiger charge is 2.39. The number of piperazine rings is 1. The van der Waals surface area contributed by atoms with Crippen molar-refractivity contribution >= 4 is 11.8 Å². The lowest BCUT2D eigenvalue weighted by atomic mass is 9.95. The van der Waals surface area contributed by atoms with Gasteiger partial charge >= 0.3 is 0 Å². The minimum atomic E-state index is -1.03.